The van der Waals surface area contributed by atoms with E-state index >= 15 is 0 Å². The molecular weight excluding hydrogens is 389 g/mol. The van der Waals surface area contributed by atoms with Crippen LogP contribution in [-0.2, 0) is 17.6 Å². The number of aryl methyl sites for hydroxylation is 1. The minimum atomic E-state index is -0.496. The van der Waals surface area contributed by atoms with Gasteiger partial charge >= 0.3 is 6.09 Å². The van der Waals surface area contributed by atoms with E-state index in [1.54, 1.807) is 28.8 Å². The van der Waals surface area contributed by atoms with Gasteiger partial charge in [0.25, 0.3) is 0 Å². The van der Waals surface area contributed by atoms with Crippen LogP contribution in [0.1, 0.15) is 58.5 Å². The molecule has 1 amide bonds. The van der Waals surface area contributed by atoms with E-state index in [4.69, 9.17) is 9.84 Å². The molecule has 2 aromatic rings. The van der Waals surface area contributed by atoms with Crippen LogP contribution in [0.25, 0.3) is 0 Å². The van der Waals surface area contributed by atoms with Crippen LogP contribution in [0.4, 0.5) is 9.18 Å². The van der Waals surface area contributed by atoms with Crippen LogP contribution in [0.2, 0.25) is 0 Å². The zero-order valence-electron chi connectivity index (χ0n) is 17.9. The molecule has 0 spiro atoms. The lowest BCUT2D eigenvalue weighted by Gasteiger charge is -2.24. The molecule has 1 unspecified atom stereocenters. The second-order valence-electron chi connectivity index (χ2n) is 8.30. The van der Waals surface area contributed by atoms with Gasteiger partial charge < -0.3 is 9.64 Å². The van der Waals surface area contributed by atoms with E-state index in [0.29, 0.717) is 13.1 Å². The minimum Gasteiger partial charge on any atom is -0.444 e. The molecule has 1 aromatic heterocycles. The van der Waals surface area contributed by atoms with Crippen LogP contribution in [-0.4, -0.2) is 39.5 Å². The first kappa shape index (κ1) is 21.7. The van der Waals surface area contributed by atoms with E-state index in [9.17, 15) is 9.18 Å². The molecule has 1 saturated heterocycles. The first-order valence-electron chi connectivity index (χ1n) is 10.2. The normalized spacial score (nSPS) is 17.0. The molecule has 1 aliphatic heterocycles. The topological polar surface area (TPSA) is 47.4 Å². The molecule has 0 saturated carbocycles. The smallest absolute Gasteiger partial charge is 0.410 e. The molecule has 3 rings (SSSR count). The van der Waals surface area contributed by atoms with E-state index in [-0.39, 0.29) is 18.0 Å². The molecule has 1 atom stereocenters. The number of amides is 1. The number of hydrogen-bond acceptors (Lipinski definition) is 4. The number of hydrogen-bond donors (Lipinski definition) is 0. The third-order valence-electron chi connectivity index (χ3n) is 4.89. The van der Waals surface area contributed by atoms with Gasteiger partial charge in [0.2, 0.25) is 0 Å². The Morgan fingerprint density at radius 1 is 1.24 bits per heavy atom. The van der Waals surface area contributed by atoms with Crippen molar-refractivity contribution in [1.29, 1.82) is 0 Å². The first-order chi connectivity index (χ1) is 13.7. The summed E-state index contributed by atoms with van der Waals surface area (Å²) >= 11 is 1.64. The SMILES string of the molecule is CCc1nn(C2CCN(C(=O)OC(C)(C)C)C2)c(CC)c1Sc1ccc(F)cc1. The Balaban J connectivity index is 1.82. The predicted molar refractivity (Wildman–Crippen MR) is 113 cm³/mol. The number of likely N-dealkylation sites (tertiary alicyclic amines) is 1. The summed E-state index contributed by atoms with van der Waals surface area (Å²) < 4.78 is 20.9. The fourth-order valence-electron chi connectivity index (χ4n) is 3.53. The largest absolute Gasteiger partial charge is 0.444 e. The summed E-state index contributed by atoms with van der Waals surface area (Å²) in [6.07, 6.45) is 2.27. The van der Waals surface area contributed by atoms with Crippen molar-refractivity contribution in [3.63, 3.8) is 0 Å². The Bertz CT molecular complexity index is 858. The maximum atomic E-state index is 13.3. The molecule has 1 fully saturated rings. The number of aromatic nitrogens is 2. The molecule has 0 N–H and O–H groups in total. The number of benzene rings is 1. The molecule has 29 heavy (non-hydrogen) atoms. The summed E-state index contributed by atoms with van der Waals surface area (Å²) in [5, 5.41) is 4.91. The van der Waals surface area contributed by atoms with Gasteiger partial charge in [0.15, 0.2) is 0 Å². The molecule has 0 bridgehead atoms. The first-order valence-corrected chi connectivity index (χ1v) is 11.0. The van der Waals surface area contributed by atoms with Gasteiger partial charge in [-0.05, 0) is 64.3 Å². The molecule has 0 radical (unpaired) electrons. The van der Waals surface area contributed by atoms with Crippen molar-refractivity contribution in [1.82, 2.24) is 14.7 Å². The van der Waals surface area contributed by atoms with Crippen LogP contribution in [0.5, 0.6) is 0 Å². The molecule has 2 heterocycles. The highest BCUT2D eigenvalue weighted by molar-refractivity contribution is 7.99. The summed E-state index contributed by atoms with van der Waals surface area (Å²) in [7, 11) is 0. The van der Waals surface area contributed by atoms with Crippen molar-refractivity contribution >= 4 is 17.9 Å². The molecule has 158 valence electrons. The van der Waals surface area contributed by atoms with Crippen molar-refractivity contribution in [2.24, 2.45) is 0 Å². The number of halogens is 1. The zero-order chi connectivity index (χ0) is 21.2. The molecule has 5 nitrogen and oxygen atoms in total. The third kappa shape index (κ3) is 5.13. The predicted octanol–water partition coefficient (Wildman–Crippen LogP) is 5.48. The van der Waals surface area contributed by atoms with E-state index in [2.05, 4.69) is 18.5 Å². The Morgan fingerprint density at radius 2 is 1.93 bits per heavy atom. The lowest BCUT2D eigenvalue weighted by Crippen LogP contribution is -2.35. The van der Waals surface area contributed by atoms with Crippen molar-refractivity contribution in [3.8, 4) is 0 Å². The van der Waals surface area contributed by atoms with Crippen LogP contribution in [0.15, 0.2) is 34.1 Å². The summed E-state index contributed by atoms with van der Waals surface area (Å²) in [5.41, 5.74) is 1.73. The van der Waals surface area contributed by atoms with E-state index in [0.717, 1.165) is 34.7 Å². The van der Waals surface area contributed by atoms with Crippen LogP contribution in [0.3, 0.4) is 0 Å². The lowest BCUT2D eigenvalue weighted by molar-refractivity contribution is 0.0288. The molecule has 1 aliphatic rings. The third-order valence-corrected chi connectivity index (χ3v) is 6.08. The van der Waals surface area contributed by atoms with E-state index < -0.39 is 5.60 Å². The summed E-state index contributed by atoms with van der Waals surface area (Å²) in [6.45, 7) is 11.2. The van der Waals surface area contributed by atoms with Crippen LogP contribution < -0.4 is 0 Å². The standard InChI is InChI=1S/C22H30FN3O2S/c1-6-18-20(29-17-10-8-15(23)9-11-17)19(7-2)26(24-18)16-12-13-25(14-16)21(27)28-22(3,4)5/h8-11,16H,6-7,12-14H2,1-5H3. The van der Waals surface area contributed by atoms with Gasteiger partial charge in [-0.3, -0.25) is 4.68 Å². The summed E-state index contributed by atoms with van der Waals surface area (Å²) in [6, 6.07) is 6.72. The number of ether oxygens (including phenoxy) is 1. The lowest BCUT2D eigenvalue weighted by atomic mass is 10.2. The van der Waals surface area contributed by atoms with Gasteiger partial charge in [-0.25, -0.2) is 9.18 Å². The average molecular weight is 420 g/mol. The zero-order valence-corrected chi connectivity index (χ0v) is 18.7. The summed E-state index contributed by atoms with van der Waals surface area (Å²) in [5.74, 6) is -0.232. The monoisotopic (exact) mass is 419 g/mol. The fourth-order valence-corrected chi connectivity index (χ4v) is 4.70. The highest BCUT2D eigenvalue weighted by atomic mass is 32.2. The van der Waals surface area contributed by atoms with Gasteiger partial charge in [-0.1, -0.05) is 25.6 Å². The van der Waals surface area contributed by atoms with Gasteiger partial charge in [0.05, 0.1) is 22.3 Å². The highest BCUT2D eigenvalue weighted by Crippen LogP contribution is 2.36. The number of nitrogens with zero attached hydrogens (tertiary/aromatic N) is 3. The van der Waals surface area contributed by atoms with Crippen LogP contribution >= 0.6 is 11.8 Å². The second kappa shape index (κ2) is 8.78. The minimum absolute atomic E-state index is 0.144. The van der Waals surface area contributed by atoms with Crippen LogP contribution in [0, 0.1) is 5.82 Å². The van der Waals surface area contributed by atoms with Crippen molar-refractivity contribution in [2.45, 2.75) is 75.3 Å². The molecular formula is C22H30FN3O2S. The van der Waals surface area contributed by atoms with Crippen molar-refractivity contribution in [3.05, 3.63) is 41.5 Å². The Kier molecular flexibility index (Phi) is 6.56. The quantitative estimate of drug-likeness (QED) is 0.644. The molecule has 7 heteroatoms. The Labute approximate surface area is 176 Å². The maximum Gasteiger partial charge on any atom is 0.410 e. The van der Waals surface area contributed by atoms with E-state index in [1.165, 1.54) is 17.8 Å². The maximum absolute atomic E-state index is 13.3. The molecule has 0 aliphatic carbocycles. The van der Waals surface area contributed by atoms with Gasteiger partial charge in [0, 0.05) is 18.0 Å². The van der Waals surface area contributed by atoms with E-state index in [1.807, 2.05) is 20.8 Å². The van der Waals surface area contributed by atoms with Crippen molar-refractivity contribution < 1.29 is 13.9 Å². The number of rotatable bonds is 5. The number of carbonyl (C=O) groups is 1. The average Bonchev–Trinajstić information content (AvgIpc) is 3.26. The van der Waals surface area contributed by atoms with Gasteiger partial charge in [-0.2, -0.15) is 5.10 Å². The number of carbonyl (C=O) groups excluding carboxylic acids is 1. The summed E-state index contributed by atoms with van der Waals surface area (Å²) in [4.78, 5) is 16.3. The second-order valence-corrected chi connectivity index (χ2v) is 9.38. The highest BCUT2D eigenvalue weighted by Gasteiger charge is 2.33. The molecule has 1 aromatic carbocycles. The van der Waals surface area contributed by atoms with Gasteiger partial charge in [-0.15, -0.1) is 0 Å². The fraction of sp³-hybridized carbons (Fsp3) is 0.545. The van der Waals surface area contributed by atoms with Crippen molar-refractivity contribution in [2.75, 3.05) is 13.1 Å². The van der Waals surface area contributed by atoms with Gasteiger partial charge in [0.1, 0.15) is 11.4 Å². The Hall–Kier alpha value is -2.02. The Morgan fingerprint density at radius 3 is 2.52 bits per heavy atom.